The molecule has 1 spiro atoms. The Morgan fingerprint density at radius 1 is 1.22 bits per heavy atom. The van der Waals surface area contributed by atoms with Gasteiger partial charge >= 0.3 is 0 Å². The summed E-state index contributed by atoms with van der Waals surface area (Å²) < 4.78 is 11.4. The van der Waals surface area contributed by atoms with E-state index in [0.29, 0.717) is 19.0 Å². The molecule has 0 bridgehead atoms. The van der Waals surface area contributed by atoms with Crippen LogP contribution in [0.2, 0.25) is 0 Å². The van der Waals surface area contributed by atoms with Crippen LogP contribution < -0.4 is 4.74 Å². The lowest BCUT2D eigenvalue weighted by Crippen LogP contribution is -2.60. The molecule has 0 radical (unpaired) electrons. The van der Waals surface area contributed by atoms with Crippen molar-refractivity contribution >= 4 is 5.91 Å². The van der Waals surface area contributed by atoms with E-state index in [4.69, 9.17) is 9.47 Å². The number of rotatable bonds is 4. The summed E-state index contributed by atoms with van der Waals surface area (Å²) in [7, 11) is 3.80. The van der Waals surface area contributed by atoms with Crippen molar-refractivity contribution in [3.05, 3.63) is 29.8 Å². The number of ether oxygens (including phenoxy) is 2. The highest BCUT2D eigenvalue weighted by Crippen LogP contribution is 2.46. The van der Waals surface area contributed by atoms with E-state index >= 15 is 0 Å². The summed E-state index contributed by atoms with van der Waals surface area (Å²) in [6.07, 6.45) is 1.94. The predicted octanol–water partition coefficient (Wildman–Crippen LogP) is 1.52. The van der Waals surface area contributed by atoms with Gasteiger partial charge in [-0.3, -0.25) is 4.79 Å². The lowest BCUT2D eigenvalue weighted by molar-refractivity contribution is -0.180. The third-order valence-electron chi connectivity index (χ3n) is 5.31. The number of methoxy groups -OCH3 is 1. The third-order valence-corrected chi connectivity index (χ3v) is 5.31. The highest BCUT2D eigenvalue weighted by Gasteiger charge is 2.58. The van der Waals surface area contributed by atoms with Gasteiger partial charge in [-0.2, -0.15) is 0 Å². The molecule has 0 N–H and O–H groups in total. The number of hydrogen-bond acceptors (Lipinski definition) is 4. The van der Waals surface area contributed by atoms with Crippen LogP contribution >= 0.6 is 0 Å². The van der Waals surface area contributed by atoms with E-state index in [9.17, 15) is 4.79 Å². The summed E-state index contributed by atoms with van der Waals surface area (Å²) in [5, 5.41) is 0. The first-order chi connectivity index (χ1) is 11.1. The molecule has 2 aliphatic heterocycles. The Bertz CT molecular complexity index is 591. The molecule has 2 saturated heterocycles. The van der Waals surface area contributed by atoms with Gasteiger partial charge in [0.25, 0.3) is 5.91 Å². The monoisotopic (exact) mass is 316 g/mol. The molecule has 1 saturated carbocycles. The first-order valence-electron chi connectivity index (χ1n) is 8.38. The van der Waals surface area contributed by atoms with Gasteiger partial charge in [-0.25, -0.2) is 0 Å². The van der Waals surface area contributed by atoms with E-state index in [1.165, 1.54) is 0 Å². The van der Waals surface area contributed by atoms with Gasteiger partial charge in [-0.05, 0) is 37.6 Å². The van der Waals surface area contributed by atoms with Gasteiger partial charge in [-0.15, -0.1) is 0 Å². The second-order valence-electron chi connectivity index (χ2n) is 7.17. The summed E-state index contributed by atoms with van der Waals surface area (Å²) in [6, 6.07) is 7.97. The average Bonchev–Trinajstić information content (AvgIpc) is 3.30. The zero-order chi connectivity index (χ0) is 16.0. The fraction of sp³-hybridized carbons (Fsp3) is 0.611. The number of likely N-dealkylation sites (tertiary alicyclic amines) is 1. The minimum atomic E-state index is -0.496. The first kappa shape index (κ1) is 15.0. The number of carbonyl (C=O) groups is 1. The zero-order valence-corrected chi connectivity index (χ0v) is 13.8. The van der Waals surface area contributed by atoms with Crippen molar-refractivity contribution in [2.45, 2.75) is 31.1 Å². The lowest BCUT2D eigenvalue weighted by Gasteiger charge is -2.47. The topological polar surface area (TPSA) is 42.0 Å². The Morgan fingerprint density at radius 3 is 2.48 bits per heavy atom. The van der Waals surface area contributed by atoms with Crippen LogP contribution in [0.4, 0.5) is 0 Å². The zero-order valence-electron chi connectivity index (χ0n) is 13.8. The molecule has 5 heteroatoms. The van der Waals surface area contributed by atoms with Crippen molar-refractivity contribution in [3.8, 4) is 5.75 Å². The molecule has 1 amide bonds. The maximum Gasteiger partial charge on any atom is 0.255 e. The maximum atomic E-state index is 12.7. The SMILES string of the molecule is COc1ccc(CN2CC(C3CN(C)C3)OC3(CC3)C2=O)cc1. The average molecular weight is 316 g/mol. The minimum Gasteiger partial charge on any atom is -0.497 e. The van der Waals surface area contributed by atoms with Crippen molar-refractivity contribution in [1.29, 1.82) is 0 Å². The van der Waals surface area contributed by atoms with E-state index in [2.05, 4.69) is 11.9 Å². The summed E-state index contributed by atoms with van der Waals surface area (Å²) in [5.74, 6) is 1.58. The fourth-order valence-electron chi connectivity index (χ4n) is 3.73. The van der Waals surface area contributed by atoms with Gasteiger partial charge in [-0.1, -0.05) is 12.1 Å². The molecule has 23 heavy (non-hydrogen) atoms. The smallest absolute Gasteiger partial charge is 0.255 e. The van der Waals surface area contributed by atoms with Gasteiger partial charge in [0.15, 0.2) is 0 Å². The molecule has 3 fully saturated rings. The van der Waals surface area contributed by atoms with Crippen molar-refractivity contribution < 1.29 is 14.3 Å². The molecule has 4 rings (SSSR count). The second kappa shape index (κ2) is 5.49. The largest absolute Gasteiger partial charge is 0.497 e. The van der Waals surface area contributed by atoms with Gasteiger partial charge in [0, 0.05) is 32.1 Å². The Morgan fingerprint density at radius 2 is 1.91 bits per heavy atom. The summed E-state index contributed by atoms with van der Waals surface area (Å²) >= 11 is 0. The normalized spacial score (nSPS) is 27.1. The maximum absolute atomic E-state index is 12.7. The molecule has 0 aromatic heterocycles. The Balaban J connectivity index is 1.48. The van der Waals surface area contributed by atoms with E-state index in [1.807, 2.05) is 29.2 Å². The molecule has 1 unspecified atom stereocenters. The number of carbonyl (C=O) groups excluding carboxylic acids is 1. The van der Waals surface area contributed by atoms with Crippen molar-refractivity contribution in [1.82, 2.24) is 9.80 Å². The Hall–Kier alpha value is -1.59. The minimum absolute atomic E-state index is 0.178. The number of morpholine rings is 1. The first-order valence-corrected chi connectivity index (χ1v) is 8.38. The highest BCUT2D eigenvalue weighted by atomic mass is 16.5. The summed E-state index contributed by atoms with van der Waals surface area (Å²) in [5.41, 5.74) is 0.644. The molecular weight excluding hydrogens is 292 g/mol. The Labute approximate surface area is 137 Å². The van der Waals surface area contributed by atoms with E-state index in [0.717, 1.165) is 37.2 Å². The van der Waals surface area contributed by atoms with Crippen molar-refractivity contribution in [3.63, 3.8) is 0 Å². The molecule has 124 valence electrons. The molecule has 3 aliphatic rings. The summed E-state index contributed by atoms with van der Waals surface area (Å²) in [6.45, 7) is 3.52. The van der Waals surface area contributed by atoms with Crippen molar-refractivity contribution in [2.75, 3.05) is 33.8 Å². The number of amides is 1. The van der Waals surface area contributed by atoms with Crippen LogP contribution in [0.3, 0.4) is 0 Å². The van der Waals surface area contributed by atoms with Crippen LogP contribution in [0.5, 0.6) is 5.75 Å². The third kappa shape index (κ3) is 2.72. The number of benzene rings is 1. The fourth-order valence-corrected chi connectivity index (χ4v) is 3.73. The molecule has 2 heterocycles. The van der Waals surface area contributed by atoms with Crippen LogP contribution in [0.15, 0.2) is 24.3 Å². The number of hydrogen-bond donors (Lipinski definition) is 0. The van der Waals surface area contributed by atoms with E-state index < -0.39 is 5.60 Å². The molecule has 5 nitrogen and oxygen atoms in total. The van der Waals surface area contributed by atoms with Crippen LogP contribution in [0.25, 0.3) is 0 Å². The van der Waals surface area contributed by atoms with Crippen LogP contribution in [0, 0.1) is 5.92 Å². The summed E-state index contributed by atoms with van der Waals surface area (Å²) in [4.78, 5) is 17.0. The van der Waals surface area contributed by atoms with Gasteiger partial charge in [0.05, 0.1) is 13.2 Å². The molecule has 1 atom stereocenters. The Kier molecular flexibility index (Phi) is 3.58. The predicted molar refractivity (Wildman–Crippen MR) is 86.2 cm³/mol. The van der Waals surface area contributed by atoms with Crippen molar-refractivity contribution in [2.24, 2.45) is 5.92 Å². The quantitative estimate of drug-likeness (QED) is 0.844. The van der Waals surface area contributed by atoms with Crippen LogP contribution in [-0.2, 0) is 16.1 Å². The van der Waals surface area contributed by atoms with E-state index in [1.54, 1.807) is 7.11 Å². The molecule has 1 aliphatic carbocycles. The van der Waals surface area contributed by atoms with Gasteiger partial charge in [0.1, 0.15) is 11.4 Å². The van der Waals surface area contributed by atoms with E-state index in [-0.39, 0.29) is 12.0 Å². The lowest BCUT2D eigenvalue weighted by atomic mass is 9.92. The molecular formula is C18H24N2O3. The van der Waals surface area contributed by atoms with Gasteiger partial charge < -0.3 is 19.3 Å². The second-order valence-corrected chi connectivity index (χ2v) is 7.17. The number of nitrogens with zero attached hydrogens (tertiary/aromatic N) is 2. The standard InChI is InChI=1S/C18H24N2O3/c1-19-10-14(11-19)16-12-20(17(21)18(23-16)7-8-18)9-13-3-5-15(22-2)6-4-13/h3-6,14,16H,7-12H2,1-2H3. The van der Waals surface area contributed by atoms with Crippen LogP contribution in [0.1, 0.15) is 18.4 Å². The molecule has 1 aromatic rings. The molecule has 1 aromatic carbocycles. The highest BCUT2D eigenvalue weighted by molar-refractivity contribution is 5.89. The van der Waals surface area contributed by atoms with Crippen LogP contribution in [-0.4, -0.2) is 61.2 Å². The van der Waals surface area contributed by atoms with Gasteiger partial charge in [0.2, 0.25) is 0 Å².